The summed E-state index contributed by atoms with van der Waals surface area (Å²) in [5.74, 6) is 0. The van der Waals surface area contributed by atoms with Crippen LogP contribution in [0, 0.1) is 0 Å². The number of carbonyl (C=O) groups is 1. The molecule has 13 heavy (non-hydrogen) atoms. The van der Waals surface area contributed by atoms with Crippen molar-refractivity contribution in [1.82, 2.24) is 4.90 Å². The maximum Gasteiger partial charge on any atom is 0.410 e. The van der Waals surface area contributed by atoms with Crippen LogP contribution in [-0.4, -0.2) is 42.4 Å². The quantitative estimate of drug-likeness (QED) is 0.565. The fourth-order valence-electron chi connectivity index (χ4n) is 2.17. The summed E-state index contributed by atoms with van der Waals surface area (Å²) in [4.78, 5) is 12.9. The number of rotatable bonds is 0. The van der Waals surface area contributed by atoms with E-state index in [4.69, 9.17) is 9.47 Å². The summed E-state index contributed by atoms with van der Waals surface area (Å²) in [6.45, 7) is 3.99. The van der Waals surface area contributed by atoms with Gasteiger partial charge in [0, 0.05) is 7.05 Å². The number of fused-ring (bicyclic) bond motifs is 1. The Labute approximate surface area is 77.8 Å². The Morgan fingerprint density at radius 1 is 1.46 bits per heavy atom. The summed E-state index contributed by atoms with van der Waals surface area (Å²) in [6, 6.07) is 0.200. The van der Waals surface area contributed by atoms with Crippen LogP contribution in [-0.2, 0) is 9.47 Å². The number of amides is 1. The predicted molar refractivity (Wildman–Crippen MR) is 46.4 cm³/mol. The third-order valence-corrected chi connectivity index (χ3v) is 2.88. The van der Waals surface area contributed by atoms with E-state index < -0.39 is 0 Å². The molecule has 2 rings (SSSR count). The van der Waals surface area contributed by atoms with Crippen molar-refractivity contribution in [3.8, 4) is 0 Å². The maximum atomic E-state index is 11.2. The van der Waals surface area contributed by atoms with Crippen LogP contribution in [0.3, 0.4) is 0 Å². The molecule has 2 aliphatic rings. The Balaban J connectivity index is 2.17. The molecule has 0 bridgehead atoms. The van der Waals surface area contributed by atoms with Crippen LogP contribution in [0.5, 0.6) is 0 Å². The highest BCUT2D eigenvalue weighted by Gasteiger charge is 2.46. The third kappa shape index (κ3) is 1.29. The van der Waals surface area contributed by atoms with Crippen molar-refractivity contribution in [2.75, 3.05) is 7.05 Å². The summed E-state index contributed by atoms with van der Waals surface area (Å²) >= 11 is 0. The van der Waals surface area contributed by atoms with E-state index >= 15 is 0 Å². The van der Waals surface area contributed by atoms with Crippen molar-refractivity contribution < 1.29 is 14.3 Å². The first-order valence-corrected chi connectivity index (χ1v) is 4.68. The molecule has 0 saturated carbocycles. The topological polar surface area (TPSA) is 38.8 Å². The summed E-state index contributed by atoms with van der Waals surface area (Å²) < 4.78 is 10.8. The van der Waals surface area contributed by atoms with Gasteiger partial charge < -0.3 is 14.4 Å². The summed E-state index contributed by atoms with van der Waals surface area (Å²) in [6.07, 6.45) is 0.807. The van der Waals surface area contributed by atoms with Gasteiger partial charge in [-0.25, -0.2) is 4.79 Å². The van der Waals surface area contributed by atoms with E-state index in [0.717, 1.165) is 6.42 Å². The number of ether oxygens (including phenoxy) is 2. The van der Waals surface area contributed by atoms with Gasteiger partial charge in [0.15, 0.2) is 0 Å². The lowest BCUT2D eigenvalue weighted by Crippen LogP contribution is -2.47. The molecular weight excluding hydrogens is 170 g/mol. The van der Waals surface area contributed by atoms with Gasteiger partial charge in [0.05, 0.1) is 18.2 Å². The second kappa shape index (κ2) is 2.87. The van der Waals surface area contributed by atoms with Gasteiger partial charge in [-0.05, 0) is 20.3 Å². The lowest BCUT2D eigenvalue weighted by Gasteiger charge is -2.34. The van der Waals surface area contributed by atoms with E-state index in [9.17, 15) is 4.79 Å². The van der Waals surface area contributed by atoms with Crippen molar-refractivity contribution in [3.63, 3.8) is 0 Å². The molecule has 0 N–H and O–H groups in total. The molecule has 4 heteroatoms. The Morgan fingerprint density at radius 3 is 2.85 bits per heavy atom. The zero-order valence-corrected chi connectivity index (χ0v) is 8.19. The molecule has 0 aromatic heterocycles. The highest BCUT2D eigenvalue weighted by atomic mass is 16.6. The molecule has 2 aliphatic heterocycles. The molecule has 2 heterocycles. The molecule has 2 fully saturated rings. The fraction of sp³-hybridized carbons (Fsp3) is 0.889. The second-order valence-electron chi connectivity index (χ2n) is 3.91. The van der Waals surface area contributed by atoms with Crippen molar-refractivity contribution in [2.24, 2.45) is 0 Å². The largest absolute Gasteiger partial charge is 0.441 e. The van der Waals surface area contributed by atoms with E-state index in [1.165, 1.54) is 0 Å². The minimum atomic E-state index is -0.223. The second-order valence-corrected chi connectivity index (χ2v) is 3.91. The van der Waals surface area contributed by atoms with Crippen LogP contribution >= 0.6 is 0 Å². The van der Waals surface area contributed by atoms with Crippen molar-refractivity contribution in [3.05, 3.63) is 0 Å². The summed E-state index contributed by atoms with van der Waals surface area (Å²) in [5, 5.41) is 0. The molecule has 0 aromatic rings. The number of likely N-dealkylation sites (N-methyl/N-ethyl adjacent to an activating group) is 1. The first-order chi connectivity index (χ1) is 6.09. The third-order valence-electron chi connectivity index (χ3n) is 2.88. The highest BCUT2D eigenvalue weighted by molar-refractivity contribution is 5.70. The van der Waals surface area contributed by atoms with Gasteiger partial charge in [0.2, 0.25) is 0 Å². The smallest absolute Gasteiger partial charge is 0.410 e. The van der Waals surface area contributed by atoms with Gasteiger partial charge in [-0.1, -0.05) is 0 Å². The van der Waals surface area contributed by atoms with Gasteiger partial charge in [0.1, 0.15) is 6.10 Å². The Kier molecular flexibility index (Phi) is 1.95. The normalized spacial score (nSPS) is 44.5. The lowest BCUT2D eigenvalue weighted by atomic mass is 9.97. The van der Waals surface area contributed by atoms with E-state index in [-0.39, 0.29) is 30.4 Å². The van der Waals surface area contributed by atoms with Crippen LogP contribution in [0.1, 0.15) is 20.3 Å². The monoisotopic (exact) mass is 185 g/mol. The van der Waals surface area contributed by atoms with Gasteiger partial charge in [0.25, 0.3) is 0 Å². The Bertz CT molecular complexity index is 231. The number of hydrogen-bond acceptors (Lipinski definition) is 3. The molecule has 0 radical (unpaired) electrons. The van der Waals surface area contributed by atoms with Gasteiger partial charge in [-0.3, -0.25) is 0 Å². The first kappa shape index (κ1) is 8.81. The van der Waals surface area contributed by atoms with Crippen LogP contribution in [0.2, 0.25) is 0 Å². The molecule has 2 unspecified atom stereocenters. The molecule has 0 spiro atoms. The van der Waals surface area contributed by atoms with Gasteiger partial charge in [-0.2, -0.15) is 0 Å². The molecular formula is C9H15NO3. The molecule has 0 aromatic carbocycles. The van der Waals surface area contributed by atoms with E-state index in [1.807, 2.05) is 13.8 Å². The van der Waals surface area contributed by atoms with E-state index in [0.29, 0.717) is 0 Å². The average Bonchev–Trinajstić information content (AvgIpc) is 2.32. The molecule has 0 aliphatic carbocycles. The molecule has 2 saturated heterocycles. The fourth-order valence-corrected chi connectivity index (χ4v) is 2.17. The highest BCUT2D eigenvalue weighted by Crippen LogP contribution is 2.30. The van der Waals surface area contributed by atoms with Gasteiger partial charge in [-0.15, -0.1) is 0 Å². The SMILES string of the molecule is C[C@@H]1CC2C(OC(=O)N2C)[C@H](C)O1. The maximum absolute atomic E-state index is 11.2. The average molecular weight is 185 g/mol. The summed E-state index contributed by atoms with van der Waals surface area (Å²) in [7, 11) is 1.79. The minimum absolute atomic E-state index is 0.0163. The number of hydrogen-bond donors (Lipinski definition) is 0. The first-order valence-electron chi connectivity index (χ1n) is 4.68. The van der Waals surface area contributed by atoms with Gasteiger partial charge >= 0.3 is 6.09 Å². The summed E-state index contributed by atoms with van der Waals surface area (Å²) in [5.41, 5.74) is 0. The minimum Gasteiger partial charge on any atom is -0.441 e. The van der Waals surface area contributed by atoms with Crippen molar-refractivity contribution in [1.29, 1.82) is 0 Å². The zero-order valence-electron chi connectivity index (χ0n) is 8.19. The lowest BCUT2D eigenvalue weighted by molar-refractivity contribution is -0.102. The molecule has 74 valence electrons. The van der Waals surface area contributed by atoms with E-state index in [1.54, 1.807) is 11.9 Å². The number of carbonyl (C=O) groups excluding carboxylic acids is 1. The van der Waals surface area contributed by atoms with Crippen LogP contribution in [0.25, 0.3) is 0 Å². The molecule has 1 amide bonds. The zero-order chi connectivity index (χ0) is 9.59. The van der Waals surface area contributed by atoms with Crippen molar-refractivity contribution >= 4 is 6.09 Å². The van der Waals surface area contributed by atoms with Crippen LogP contribution in [0.15, 0.2) is 0 Å². The van der Waals surface area contributed by atoms with Crippen LogP contribution in [0.4, 0.5) is 4.79 Å². The number of nitrogens with zero attached hydrogens (tertiary/aromatic N) is 1. The van der Waals surface area contributed by atoms with Crippen LogP contribution < -0.4 is 0 Å². The Hall–Kier alpha value is -0.770. The predicted octanol–water partition coefficient (Wildman–Crippen LogP) is 1.00. The van der Waals surface area contributed by atoms with E-state index in [2.05, 4.69) is 0 Å². The van der Waals surface area contributed by atoms with Crippen molar-refractivity contribution in [2.45, 2.75) is 44.6 Å². The standard InChI is InChI=1S/C9H15NO3/c1-5-4-7-8(6(2)12-5)13-9(11)10(7)3/h5-8H,4H2,1-3H3/t5-,6+,7?,8?/m1/s1. The molecule has 4 atom stereocenters. The Morgan fingerprint density at radius 2 is 2.15 bits per heavy atom. The molecule has 4 nitrogen and oxygen atoms in total.